The number of rotatable bonds is 14. The van der Waals surface area contributed by atoms with E-state index in [4.69, 9.17) is 9.47 Å². The van der Waals surface area contributed by atoms with Gasteiger partial charge in [-0.3, -0.25) is 4.79 Å². The zero-order valence-electron chi connectivity index (χ0n) is 26.2. The standard InChI is InChI=1S/C32H42FN7O4/c1-22-18-23(11-13-25(22)33)37-28-20-29(36-21-35-28)39-26-19-24(12-14-27(26)43-6)38-30(41)10-9-17-40(5)16-8-7-15-34-31(42)44-32(2,3)4/h9-14,18-21H,7-8,15-17H2,1-6H3,(H,34,42)(H,38,41)(H2,35,36,37,39)/b10-9+. The van der Waals surface area contributed by atoms with E-state index in [2.05, 4.69) is 36.1 Å². The van der Waals surface area contributed by atoms with Crippen LogP contribution in [0.4, 0.5) is 37.9 Å². The minimum Gasteiger partial charge on any atom is -0.495 e. The number of aryl methyl sites for hydroxylation is 1. The Labute approximate surface area is 258 Å². The summed E-state index contributed by atoms with van der Waals surface area (Å²) in [5.41, 5.74) is 1.88. The number of ether oxygens (including phenoxy) is 2. The first-order chi connectivity index (χ1) is 20.9. The molecule has 2 amide bonds. The van der Waals surface area contributed by atoms with Gasteiger partial charge in [0.15, 0.2) is 0 Å². The number of hydrogen-bond donors (Lipinski definition) is 4. The lowest BCUT2D eigenvalue weighted by atomic mass is 10.2. The quantitative estimate of drug-likeness (QED) is 0.126. The number of alkyl carbamates (subject to hydrolysis) is 1. The third kappa shape index (κ3) is 11.9. The van der Waals surface area contributed by atoms with Crippen molar-refractivity contribution in [3.8, 4) is 5.75 Å². The molecule has 0 aliphatic rings. The lowest BCUT2D eigenvalue weighted by molar-refractivity contribution is -0.111. The molecule has 3 rings (SSSR count). The van der Waals surface area contributed by atoms with Gasteiger partial charge < -0.3 is 35.6 Å². The van der Waals surface area contributed by atoms with Crippen LogP contribution in [0.1, 0.15) is 39.2 Å². The second-order valence-electron chi connectivity index (χ2n) is 11.2. The van der Waals surface area contributed by atoms with Crippen LogP contribution in [-0.2, 0) is 9.53 Å². The van der Waals surface area contributed by atoms with E-state index in [1.807, 2.05) is 27.8 Å². The summed E-state index contributed by atoms with van der Waals surface area (Å²) in [7, 11) is 3.53. The summed E-state index contributed by atoms with van der Waals surface area (Å²) in [6, 6.07) is 11.7. The zero-order valence-corrected chi connectivity index (χ0v) is 26.2. The topological polar surface area (TPSA) is 130 Å². The Morgan fingerprint density at radius 2 is 1.73 bits per heavy atom. The van der Waals surface area contributed by atoms with Crippen molar-refractivity contribution in [3.63, 3.8) is 0 Å². The van der Waals surface area contributed by atoms with Crippen molar-refractivity contribution in [2.45, 2.75) is 46.1 Å². The molecule has 0 aliphatic carbocycles. The molecule has 0 atom stereocenters. The summed E-state index contributed by atoms with van der Waals surface area (Å²) in [6.45, 7) is 9.15. The predicted octanol–water partition coefficient (Wildman–Crippen LogP) is 6.15. The monoisotopic (exact) mass is 607 g/mol. The van der Waals surface area contributed by atoms with Crippen molar-refractivity contribution in [3.05, 3.63) is 72.3 Å². The van der Waals surface area contributed by atoms with E-state index >= 15 is 0 Å². The Hall–Kier alpha value is -4.71. The number of anilines is 5. The van der Waals surface area contributed by atoms with Gasteiger partial charge in [-0.2, -0.15) is 0 Å². The summed E-state index contributed by atoms with van der Waals surface area (Å²) in [5, 5.41) is 12.0. The summed E-state index contributed by atoms with van der Waals surface area (Å²) >= 11 is 0. The lowest BCUT2D eigenvalue weighted by Crippen LogP contribution is -2.33. The molecule has 11 nitrogen and oxygen atoms in total. The number of halogens is 1. The van der Waals surface area contributed by atoms with E-state index < -0.39 is 11.7 Å². The van der Waals surface area contributed by atoms with E-state index in [0.717, 1.165) is 19.4 Å². The molecule has 0 saturated heterocycles. The highest BCUT2D eigenvalue weighted by atomic mass is 19.1. The number of nitrogens with one attached hydrogen (secondary N) is 4. The Kier molecular flexibility index (Phi) is 12.5. The van der Waals surface area contributed by atoms with E-state index in [0.29, 0.717) is 53.1 Å². The molecule has 12 heteroatoms. The minimum absolute atomic E-state index is 0.265. The first kappa shape index (κ1) is 33.8. The fourth-order valence-electron chi connectivity index (χ4n) is 4.01. The van der Waals surface area contributed by atoms with Crippen LogP contribution in [0.15, 0.2) is 60.9 Å². The summed E-state index contributed by atoms with van der Waals surface area (Å²) < 4.78 is 24.3. The largest absolute Gasteiger partial charge is 0.495 e. The molecule has 0 bridgehead atoms. The Morgan fingerprint density at radius 3 is 2.43 bits per heavy atom. The maximum atomic E-state index is 13.6. The van der Waals surface area contributed by atoms with E-state index in [1.54, 1.807) is 56.5 Å². The number of nitrogens with zero attached hydrogens (tertiary/aromatic N) is 3. The van der Waals surface area contributed by atoms with Crippen LogP contribution >= 0.6 is 0 Å². The highest BCUT2D eigenvalue weighted by molar-refractivity contribution is 5.99. The molecule has 236 valence electrons. The lowest BCUT2D eigenvalue weighted by Gasteiger charge is -2.19. The number of hydrogen-bond acceptors (Lipinski definition) is 9. The third-order valence-corrected chi connectivity index (χ3v) is 6.15. The average molecular weight is 608 g/mol. The first-order valence-electron chi connectivity index (χ1n) is 14.3. The van der Waals surface area contributed by atoms with Gasteiger partial charge in [-0.05, 0) is 96.1 Å². The van der Waals surface area contributed by atoms with Crippen molar-refractivity contribution in [1.82, 2.24) is 20.2 Å². The van der Waals surface area contributed by atoms with Crippen LogP contribution in [0.25, 0.3) is 0 Å². The number of carbonyl (C=O) groups is 2. The van der Waals surface area contributed by atoms with E-state index in [-0.39, 0.29) is 11.7 Å². The molecule has 0 spiro atoms. The van der Waals surface area contributed by atoms with Crippen molar-refractivity contribution in [1.29, 1.82) is 0 Å². The number of unbranched alkanes of at least 4 members (excludes halogenated alkanes) is 1. The van der Waals surface area contributed by atoms with Crippen molar-refractivity contribution < 1.29 is 23.5 Å². The van der Waals surface area contributed by atoms with Gasteiger partial charge >= 0.3 is 6.09 Å². The van der Waals surface area contributed by atoms with Crippen LogP contribution in [0.2, 0.25) is 0 Å². The summed E-state index contributed by atoms with van der Waals surface area (Å²) in [5.74, 6) is 1.03. The molecular weight excluding hydrogens is 565 g/mol. The molecule has 0 fully saturated rings. The maximum absolute atomic E-state index is 13.6. The van der Waals surface area contributed by atoms with Crippen molar-refractivity contribution >= 4 is 40.7 Å². The number of carbonyl (C=O) groups excluding carboxylic acids is 2. The van der Waals surface area contributed by atoms with Gasteiger partial charge in [0.2, 0.25) is 5.91 Å². The molecule has 3 aromatic rings. The molecule has 0 unspecified atom stereocenters. The van der Waals surface area contributed by atoms with Gasteiger partial charge in [0.25, 0.3) is 0 Å². The predicted molar refractivity (Wildman–Crippen MR) is 171 cm³/mol. The minimum atomic E-state index is -0.511. The molecule has 44 heavy (non-hydrogen) atoms. The summed E-state index contributed by atoms with van der Waals surface area (Å²) in [6.07, 6.45) is 6.01. The second kappa shape index (κ2) is 16.2. The Morgan fingerprint density at radius 1 is 1.00 bits per heavy atom. The smallest absolute Gasteiger partial charge is 0.407 e. The number of methoxy groups -OCH3 is 1. The molecule has 0 radical (unpaired) electrons. The fraction of sp³-hybridized carbons (Fsp3) is 0.375. The van der Waals surface area contributed by atoms with Gasteiger partial charge in [0.1, 0.15) is 35.1 Å². The molecule has 1 heterocycles. The number of benzene rings is 2. The second-order valence-corrected chi connectivity index (χ2v) is 11.2. The molecule has 0 saturated carbocycles. The molecule has 1 aromatic heterocycles. The van der Waals surface area contributed by atoms with E-state index in [1.165, 1.54) is 18.5 Å². The molecule has 4 N–H and O–H groups in total. The molecule has 0 aliphatic heterocycles. The highest BCUT2D eigenvalue weighted by Gasteiger charge is 2.15. The molecule has 2 aromatic carbocycles. The van der Waals surface area contributed by atoms with Gasteiger partial charge in [-0.15, -0.1) is 0 Å². The summed E-state index contributed by atoms with van der Waals surface area (Å²) in [4.78, 5) is 34.9. The third-order valence-electron chi connectivity index (χ3n) is 6.15. The van der Waals surface area contributed by atoms with Crippen molar-refractivity contribution in [2.24, 2.45) is 0 Å². The average Bonchev–Trinajstić information content (AvgIpc) is 2.94. The van der Waals surface area contributed by atoms with E-state index in [9.17, 15) is 14.0 Å². The van der Waals surface area contributed by atoms with Crippen molar-refractivity contribution in [2.75, 3.05) is 49.7 Å². The van der Waals surface area contributed by atoms with Crippen LogP contribution < -0.4 is 26.0 Å². The van der Waals surface area contributed by atoms with Crippen LogP contribution in [0.5, 0.6) is 5.75 Å². The van der Waals surface area contributed by atoms with Gasteiger partial charge in [0, 0.05) is 36.6 Å². The number of amides is 2. The maximum Gasteiger partial charge on any atom is 0.407 e. The van der Waals surface area contributed by atoms with Crippen LogP contribution in [0, 0.1) is 12.7 Å². The normalized spacial score (nSPS) is 11.4. The Bertz CT molecular complexity index is 1440. The van der Waals surface area contributed by atoms with Gasteiger partial charge in [-0.1, -0.05) is 6.08 Å². The Balaban J connectivity index is 1.48. The molecular formula is C32H42FN7O4. The number of likely N-dealkylation sites (N-methyl/N-ethyl adjacent to an activating group) is 1. The first-order valence-corrected chi connectivity index (χ1v) is 14.3. The SMILES string of the molecule is COc1ccc(NC(=O)/C=C/CN(C)CCCCNC(=O)OC(C)(C)C)cc1Nc1cc(Nc2ccc(F)c(C)c2)ncn1. The van der Waals surface area contributed by atoms with Gasteiger partial charge in [-0.25, -0.2) is 19.2 Å². The number of aromatic nitrogens is 2. The fourth-order valence-corrected chi connectivity index (χ4v) is 4.01. The van der Waals surface area contributed by atoms with Gasteiger partial charge in [0.05, 0.1) is 12.8 Å². The van der Waals surface area contributed by atoms with Crippen LogP contribution in [0.3, 0.4) is 0 Å². The zero-order chi connectivity index (χ0) is 32.1. The highest BCUT2D eigenvalue weighted by Crippen LogP contribution is 2.31. The van der Waals surface area contributed by atoms with Crippen LogP contribution in [-0.4, -0.2) is 66.3 Å².